The zero-order valence-corrected chi connectivity index (χ0v) is 10.7. The monoisotopic (exact) mass is 273 g/mol. The zero-order chi connectivity index (χ0) is 14.1. The van der Waals surface area contributed by atoms with E-state index in [4.69, 9.17) is 10.3 Å². The van der Waals surface area contributed by atoms with Gasteiger partial charge in [0, 0.05) is 24.4 Å². The van der Waals surface area contributed by atoms with Gasteiger partial charge in [-0.2, -0.15) is 10.1 Å². The lowest BCUT2D eigenvalue weighted by Gasteiger charge is -2.01. The Morgan fingerprint density at radius 3 is 2.70 bits per heavy atom. The van der Waals surface area contributed by atoms with Crippen LogP contribution in [0.15, 0.2) is 41.2 Å². The predicted octanol–water partition coefficient (Wildman–Crippen LogP) is 1.66. The maximum atomic E-state index is 12.9. The van der Waals surface area contributed by atoms with Crippen LogP contribution >= 0.6 is 0 Å². The van der Waals surface area contributed by atoms with Gasteiger partial charge in [-0.1, -0.05) is 5.16 Å². The molecule has 3 rings (SSSR count). The number of nitrogens with zero attached hydrogens (tertiary/aromatic N) is 4. The van der Waals surface area contributed by atoms with Gasteiger partial charge in [-0.3, -0.25) is 4.68 Å². The third-order valence-corrected chi connectivity index (χ3v) is 2.89. The molecule has 6 nitrogen and oxygen atoms in total. The van der Waals surface area contributed by atoms with Crippen LogP contribution in [0.3, 0.4) is 0 Å². The second-order valence-electron chi connectivity index (χ2n) is 4.39. The number of aromatic nitrogens is 4. The molecule has 2 N–H and O–H groups in total. The second kappa shape index (κ2) is 4.86. The molecule has 7 heteroatoms. The highest BCUT2D eigenvalue weighted by Gasteiger charge is 2.18. The van der Waals surface area contributed by atoms with Crippen molar-refractivity contribution in [2.24, 2.45) is 12.8 Å². The Kier molecular flexibility index (Phi) is 3.03. The summed E-state index contributed by atoms with van der Waals surface area (Å²) in [4.78, 5) is 4.23. The fourth-order valence-electron chi connectivity index (χ4n) is 1.82. The molecule has 102 valence electrons. The van der Waals surface area contributed by atoms with Crippen molar-refractivity contribution < 1.29 is 8.91 Å². The maximum absolute atomic E-state index is 12.9. The van der Waals surface area contributed by atoms with E-state index < -0.39 is 6.04 Å². The first-order chi connectivity index (χ1) is 9.63. The summed E-state index contributed by atoms with van der Waals surface area (Å²) in [6.07, 6.45) is 3.43. The lowest BCUT2D eigenvalue weighted by Crippen LogP contribution is -2.11. The predicted molar refractivity (Wildman–Crippen MR) is 68.9 cm³/mol. The van der Waals surface area contributed by atoms with E-state index in [9.17, 15) is 4.39 Å². The average Bonchev–Trinajstić information content (AvgIpc) is 3.08. The fraction of sp³-hybridized carbons (Fsp3) is 0.154. The SMILES string of the molecule is Cn1cc(C(N)c2nc(-c3ccc(F)cc3)no2)cn1. The molecule has 2 heterocycles. The van der Waals surface area contributed by atoms with Crippen LogP contribution in [0.4, 0.5) is 4.39 Å². The van der Waals surface area contributed by atoms with Gasteiger partial charge >= 0.3 is 0 Å². The first-order valence-corrected chi connectivity index (χ1v) is 5.97. The highest BCUT2D eigenvalue weighted by molar-refractivity contribution is 5.53. The van der Waals surface area contributed by atoms with Crippen molar-refractivity contribution in [3.63, 3.8) is 0 Å². The van der Waals surface area contributed by atoms with Gasteiger partial charge in [-0.05, 0) is 24.3 Å². The molecule has 0 saturated carbocycles. The van der Waals surface area contributed by atoms with E-state index in [1.165, 1.54) is 12.1 Å². The third kappa shape index (κ3) is 2.30. The average molecular weight is 273 g/mol. The minimum absolute atomic E-state index is 0.289. The van der Waals surface area contributed by atoms with E-state index in [2.05, 4.69) is 15.2 Å². The van der Waals surface area contributed by atoms with Crippen molar-refractivity contribution in [3.8, 4) is 11.4 Å². The van der Waals surface area contributed by atoms with Gasteiger partial charge < -0.3 is 10.3 Å². The van der Waals surface area contributed by atoms with Crippen LogP contribution in [0.2, 0.25) is 0 Å². The largest absolute Gasteiger partial charge is 0.337 e. The van der Waals surface area contributed by atoms with Crippen molar-refractivity contribution in [2.45, 2.75) is 6.04 Å². The molecule has 0 saturated heterocycles. The van der Waals surface area contributed by atoms with Gasteiger partial charge in [-0.15, -0.1) is 0 Å². The van der Waals surface area contributed by atoms with E-state index in [1.54, 1.807) is 36.3 Å². The van der Waals surface area contributed by atoms with Crippen LogP contribution in [-0.4, -0.2) is 19.9 Å². The molecule has 0 aliphatic rings. The van der Waals surface area contributed by atoms with Crippen molar-refractivity contribution in [3.05, 3.63) is 53.9 Å². The molecule has 0 radical (unpaired) electrons. The highest BCUT2D eigenvalue weighted by Crippen LogP contribution is 2.21. The summed E-state index contributed by atoms with van der Waals surface area (Å²) < 4.78 is 19.7. The Bertz CT molecular complexity index is 718. The number of rotatable bonds is 3. The Morgan fingerprint density at radius 1 is 1.30 bits per heavy atom. The molecule has 0 fully saturated rings. The van der Waals surface area contributed by atoms with Gasteiger partial charge in [0.1, 0.15) is 11.9 Å². The Balaban J connectivity index is 1.88. The molecule has 3 aromatic rings. The first kappa shape index (κ1) is 12.5. The number of benzene rings is 1. The maximum Gasteiger partial charge on any atom is 0.248 e. The van der Waals surface area contributed by atoms with Crippen LogP contribution < -0.4 is 5.73 Å². The summed E-state index contributed by atoms with van der Waals surface area (Å²) in [5.74, 6) is 0.348. The summed E-state index contributed by atoms with van der Waals surface area (Å²) >= 11 is 0. The van der Waals surface area contributed by atoms with Crippen LogP contribution in [0, 0.1) is 5.82 Å². The topological polar surface area (TPSA) is 82.8 Å². The molecule has 0 amide bonds. The lowest BCUT2D eigenvalue weighted by molar-refractivity contribution is 0.367. The van der Waals surface area contributed by atoms with Gasteiger partial charge in [0.15, 0.2) is 0 Å². The quantitative estimate of drug-likeness (QED) is 0.784. The van der Waals surface area contributed by atoms with Crippen LogP contribution in [-0.2, 0) is 7.05 Å². The molecular weight excluding hydrogens is 261 g/mol. The molecular formula is C13H12FN5O. The van der Waals surface area contributed by atoms with E-state index in [0.29, 0.717) is 11.4 Å². The fourth-order valence-corrected chi connectivity index (χ4v) is 1.82. The van der Waals surface area contributed by atoms with Crippen molar-refractivity contribution >= 4 is 0 Å². The van der Waals surface area contributed by atoms with Crippen molar-refractivity contribution in [1.29, 1.82) is 0 Å². The molecule has 1 unspecified atom stereocenters. The molecule has 1 atom stereocenters. The van der Waals surface area contributed by atoms with E-state index in [1.807, 2.05) is 0 Å². The Labute approximate surface area is 114 Å². The smallest absolute Gasteiger partial charge is 0.248 e. The normalized spacial score (nSPS) is 12.6. The summed E-state index contributed by atoms with van der Waals surface area (Å²) in [6, 6.07) is 5.31. The summed E-state index contributed by atoms with van der Waals surface area (Å²) in [7, 11) is 1.80. The summed E-state index contributed by atoms with van der Waals surface area (Å²) in [5.41, 5.74) is 7.48. The summed E-state index contributed by atoms with van der Waals surface area (Å²) in [5, 5.41) is 7.90. The van der Waals surface area contributed by atoms with Crippen LogP contribution in [0.5, 0.6) is 0 Å². The van der Waals surface area contributed by atoms with Gasteiger partial charge in [0.2, 0.25) is 11.7 Å². The van der Waals surface area contributed by atoms with Crippen molar-refractivity contribution in [2.75, 3.05) is 0 Å². The van der Waals surface area contributed by atoms with Gasteiger partial charge in [0.05, 0.1) is 6.20 Å². The Hall–Kier alpha value is -2.54. The summed E-state index contributed by atoms with van der Waals surface area (Å²) in [6.45, 7) is 0. The minimum Gasteiger partial charge on any atom is -0.337 e. The van der Waals surface area contributed by atoms with Crippen molar-refractivity contribution in [1.82, 2.24) is 19.9 Å². The number of aryl methyl sites for hydroxylation is 1. The van der Waals surface area contributed by atoms with E-state index in [0.717, 1.165) is 5.56 Å². The molecule has 2 aromatic heterocycles. The van der Waals surface area contributed by atoms with Gasteiger partial charge in [0.25, 0.3) is 0 Å². The minimum atomic E-state index is -0.537. The Morgan fingerprint density at radius 2 is 2.05 bits per heavy atom. The zero-order valence-electron chi connectivity index (χ0n) is 10.7. The number of hydrogen-bond acceptors (Lipinski definition) is 5. The van der Waals surface area contributed by atoms with E-state index >= 15 is 0 Å². The highest BCUT2D eigenvalue weighted by atomic mass is 19.1. The van der Waals surface area contributed by atoms with Crippen LogP contribution in [0.25, 0.3) is 11.4 Å². The number of nitrogens with two attached hydrogens (primary N) is 1. The molecule has 0 spiro atoms. The number of hydrogen-bond donors (Lipinski definition) is 1. The lowest BCUT2D eigenvalue weighted by atomic mass is 10.2. The second-order valence-corrected chi connectivity index (χ2v) is 4.39. The number of halogens is 1. The molecule has 1 aromatic carbocycles. The molecule has 20 heavy (non-hydrogen) atoms. The molecule has 0 bridgehead atoms. The first-order valence-electron chi connectivity index (χ1n) is 5.97. The van der Waals surface area contributed by atoms with E-state index in [-0.39, 0.29) is 11.7 Å². The standard InChI is InChI=1S/C13H12FN5O/c1-19-7-9(6-16-19)11(15)13-17-12(18-20-13)8-2-4-10(14)5-3-8/h2-7,11H,15H2,1H3. The van der Waals surface area contributed by atoms with Crippen LogP contribution in [0.1, 0.15) is 17.5 Å². The van der Waals surface area contributed by atoms with Gasteiger partial charge in [-0.25, -0.2) is 4.39 Å². The third-order valence-electron chi connectivity index (χ3n) is 2.89. The molecule has 0 aliphatic carbocycles. The molecule has 0 aliphatic heterocycles.